The zero-order valence-corrected chi connectivity index (χ0v) is 16.4. The van der Waals surface area contributed by atoms with Crippen molar-refractivity contribution in [3.8, 4) is 5.88 Å². The number of furan rings is 1. The van der Waals surface area contributed by atoms with E-state index in [-0.39, 0.29) is 22.5 Å². The molecule has 0 aliphatic rings. The van der Waals surface area contributed by atoms with E-state index < -0.39 is 10.1 Å². The van der Waals surface area contributed by atoms with Gasteiger partial charge in [-0.05, 0) is 38.5 Å². The van der Waals surface area contributed by atoms with Gasteiger partial charge >= 0.3 is 16.1 Å². The van der Waals surface area contributed by atoms with Crippen LogP contribution in [-0.2, 0) is 26.1 Å². The number of hydrogen-bond acceptors (Lipinski definition) is 8. The number of benzene rings is 1. The lowest BCUT2D eigenvalue weighted by Gasteiger charge is -2.05. The summed E-state index contributed by atoms with van der Waals surface area (Å²) in [7, 11) is -4.01. The Hall–Kier alpha value is -2.94. The van der Waals surface area contributed by atoms with Crippen molar-refractivity contribution in [2.75, 3.05) is 6.61 Å². The number of rotatable bonds is 8. The molecule has 0 saturated carbocycles. The second-order valence-corrected chi connectivity index (χ2v) is 7.71. The summed E-state index contributed by atoms with van der Waals surface area (Å²) in [6.45, 7) is 3.97. The van der Waals surface area contributed by atoms with Crippen LogP contribution in [0.1, 0.15) is 31.1 Å². The van der Waals surface area contributed by atoms with Gasteiger partial charge in [-0.25, -0.2) is 0 Å². The maximum atomic E-state index is 12.4. The minimum absolute atomic E-state index is 0.0341. The Bertz CT molecular complexity index is 1070. The molecule has 8 nitrogen and oxygen atoms in total. The Balaban J connectivity index is 1.70. The number of aryl methyl sites for hydroxylation is 2. The number of hydrogen-bond donors (Lipinski definition) is 0. The molecule has 0 fully saturated rings. The van der Waals surface area contributed by atoms with E-state index in [0.717, 1.165) is 5.56 Å². The fraction of sp³-hybridized carbons (Fsp3) is 0.316. The molecule has 0 aliphatic heterocycles. The number of esters is 1. The monoisotopic (exact) mass is 404 g/mol. The van der Waals surface area contributed by atoms with E-state index in [9.17, 15) is 13.2 Å². The Morgan fingerprint density at radius 3 is 2.61 bits per heavy atom. The topological polar surface area (TPSA) is 109 Å². The summed E-state index contributed by atoms with van der Waals surface area (Å²) in [5.41, 5.74) is 1.21. The van der Waals surface area contributed by atoms with Crippen LogP contribution in [-0.4, -0.2) is 31.2 Å². The van der Waals surface area contributed by atoms with Crippen molar-refractivity contribution >= 4 is 27.2 Å². The first-order chi connectivity index (χ1) is 13.4. The molecule has 0 N–H and O–H groups in total. The van der Waals surface area contributed by atoms with Crippen LogP contribution in [0.15, 0.2) is 45.7 Å². The van der Waals surface area contributed by atoms with Crippen molar-refractivity contribution in [2.45, 2.75) is 38.0 Å². The van der Waals surface area contributed by atoms with Gasteiger partial charge < -0.3 is 13.3 Å². The highest BCUT2D eigenvalue weighted by molar-refractivity contribution is 7.87. The van der Waals surface area contributed by atoms with E-state index in [1.807, 2.05) is 6.92 Å². The summed E-state index contributed by atoms with van der Waals surface area (Å²) >= 11 is 0. The average Bonchev–Trinajstić information content (AvgIpc) is 3.04. The number of carbonyl (C=O) groups excluding carboxylic acids is 1. The lowest BCUT2D eigenvalue weighted by Crippen LogP contribution is -2.10. The summed E-state index contributed by atoms with van der Waals surface area (Å²) in [4.78, 5) is 11.4. The fourth-order valence-electron chi connectivity index (χ4n) is 2.56. The maximum Gasteiger partial charge on any atom is 0.340 e. The lowest BCUT2D eigenvalue weighted by atomic mass is 10.2. The first kappa shape index (κ1) is 19.8. The molecule has 2 heterocycles. The Morgan fingerprint density at radius 2 is 1.89 bits per heavy atom. The minimum atomic E-state index is -4.01. The SMILES string of the molecule is CCOC(=O)CCCc1cc2cc(OS(=O)(=O)c3ccc(C)cc3)nnc2o1. The highest BCUT2D eigenvalue weighted by Gasteiger charge is 2.18. The summed E-state index contributed by atoms with van der Waals surface area (Å²) in [6, 6.07) is 9.48. The summed E-state index contributed by atoms with van der Waals surface area (Å²) in [6.07, 6.45) is 1.38. The van der Waals surface area contributed by atoms with Gasteiger partial charge in [0.2, 0.25) is 5.71 Å². The summed E-state index contributed by atoms with van der Waals surface area (Å²) in [5.74, 6) is 0.217. The molecule has 0 bridgehead atoms. The van der Waals surface area contributed by atoms with Crippen molar-refractivity contribution in [1.82, 2.24) is 10.2 Å². The highest BCUT2D eigenvalue weighted by atomic mass is 32.2. The average molecular weight is 404 g/mol. The predicted molar refractivity (Wildman–Crippen MR) is 100 cm³/mol. The molecule has 0 amide bonds. The van der Waals surface area contributed by atoms with Crippen molar-refractivity contribution < 1.29 is 26.5 Å². The second-order valence-electron chi connectivity index (χ2n) is 6.16. The molecule has 0 aliphatic carbocycles. The highest BCUT2D eigenvalue weighted by Crippen LogP contribution is 2.23. The number of nitrogens with zero attached hydrogens (tertiary/aromatic N) is 2. The first-order valence-electron chi connectivity index (χ1n) is 8.80. The van der Waals surface area contributed by atoms with Gasteiger partial charge in [-0.3, -0.25) is 4.79 Å². The normalized spacial score (nSPS) is 11.5. The molecule has 148 valence electrons. The molecule has 1 aromatic carbocycles. The smallest absolute Gasteiger partial charge is 0.340 e. The molecule has 0 saturated heterocycles. The van der Waals surface area contributed by atoms with Crippen LogP contribution in [0.5, 0.6) is 5.88 Å². The third-order valence-electron chi connectivity index (χ3n) is 3.92. The molecule has 0 radical (unpaired) electrons. The predicted octanol–water partition coefficient (Wildman–Crippen LogP) is 3.18. The molecule has 9 heteroatoms. The molecular formula is C19H20N2O6S. The molecule has 0 spiro atoms. The third kappa shape index (κ3) is 4.86. The van der Waals surface area contributed by atoms with Crippen LogP contribution in [0.3, 0.4) is 0 Å². The molecule has 2 aromatic heterocycles. The second kappa shape index (κ2) is 8.39. The van der Waals surface area contributed by atoms with E-state index in [0.29, 0.717) is 37.0 Å². The Morgan fingerprint density at radius 1 is 1.14 bits per heavy atom. The van der Waals surface area contributed by atoms with Crippen LogP contribution in [0.2, 0.25) is 0 Å². The number of carbonyl (C=O) groups is 1. The number of ether oxygens (including phenoxy) is 1. The first-order valence-corrected chi connectivity index (χ1v) is 10.2. The minimum Gasteiger partial charge on any atom is -0.466 e. The molecule has 3 aromatic rings. The zero-order valence-electron chi connectivity index (χ0n) is 15.5. The van der Waals surface area contributed by atoms with E-state index in [1.54, 1.807) is 25.1 Å². The van der Waals surface area contributed by atoms with Gasteiger partial charge in [-0.15, -0.1) is 10.2 Å². The van der Waals surface area contributed by atoms with Crippen molar-refractivity contribution in [1.29, 1.82) is 0 Å². The van der Waals surface area contributed by atoms with Crippen LogP contribution >= 0.6 is 0 Å². The van der Waals surface area contributed by atoms with Crippen molar-refractivity contribution in [2.24, 2.45) is 0 Å². The van der Waals surface area contributed by atoms with Gasteiger partial charge in [0, 0.05) is 24.3 Å². The van der Waals surface area contributed by atoms with Crippen molar-refractivity contribution in [3.05, 3.63) is 47.7 Å². The zero-order chi connectivity index (χ0) is 20.1. The van der Waals surface area contributed by atoms with Gasteiger partial charge in [0.1, 0.15) is 10.7 Å². The largest absolute Gasteiger partial charge is 0.466 e. The Kier molecular flexibility index (Phi) is 5.93. The molecular weight excluding hydrogens is 384 g/mol. The molecule has 0 unspecified atom stereocenters. The molecule has 0 atom stereocenters. The van der Waals surface area contributed by atoms with E-state index >= 15 is 0 Å². The van der Waals surface area contributed by atoms with Gasteiger partial charge in [-0.1, -0.05) is 17.7 Å². The summed E-state index contributed by atoms with van der Waals surface area (Å²) in [5, 5.41) is 8.20. The Labute approximate surface area is 162 Å². The fourth-order valence-corrected chi connectivity index (χ4v) is 3.43. The quantitative estimate of drug-likeness (QED) is 0.416. The van der Waals surface area contributed by atoms with Gasteiger partial charge in [0.25, 0.3) is 5.88 Å². The molecule has 28 heavy (non-hydrogen) atoms. The van der Waals surface area contributed by atoms with E-state index in [4.69, 9.17) is 13.3 Å². The number of aromatic nitrogens is 2. The number of fused-ring (bicyclic) bond motifs is 1. The van der Waals surface area contributed by atoms with E-state index in [2.05, 4.69) is 10.2 Å². The maximum absolute atomic E-state index is 12.4. The van der Waals surface area contributed by atoms with Gasteiger partial charge in [0.15, 0.2) is 0 Å². The molecule has 3 rings (SSSR count). The summed E-state index contributed by atoms with van der Waals surface area (Å²) < 4.78 is 40.2. The van der Waals surface area contributed by atoms with Crippen molar-refractivity contribution in [3.63, 3.8) is 0 Å². The van der Waals surface area contributed by atoms with Crippen LogP contribution < -0.4 is 4.18 Å². The van der Waals surface area contributed by atoms with Gasteiger partial charge in [0.05, 0.1) is 6.61 Å². The standard InChI is InChI=1S/C19H20N2O6S/c1-3-25-18(22)6-4-5-15-11-14-12-17(20-21-19(14)26-15)27-28(23,24)16-9-7-13(2)8-10-16/h7-12H,3-6H2,1-2H3. The lowest BCUT2D eigenvalue weighted by molar-refractivity contribution is -0.143. The van der Waals surface area contributed by atoms with E-state index in [1.165, 1.54) is 18.2 Å². The van der Waals surface area contributed by atoms with Gasteiger partial charge in [-0.2, -0.15) is 8.42 Å². The van der Waals surface area contributed by atoms with Crippen LogP contribution in [0.4, 0.5) is 0 Å². The van der Waals surface area contributed by atoms with Crippen LogP contribution in [0.25, 0.3) is 11.1 Å². The van der Waals surface area contributed by atoms with Crippen LogP contribution in [0, 0.1) is 6.92 Å². The third-order valence-corrected chi connectivity index (χ3v) is 5.16.